The first-order valence-electron chi connectivity index (χ1n) is 9.30. The highest BCUT2D eigenvalue weighted by Crippen LogP contribution is 2.41. The van der Waals surface area contributed by atoms with Crippen molar-refractivity contribution in [3.05, 3.63) is 59.7 Å². The number of nitrogens with zero attached hydrogens (tertiary/aromatic N) is 1. The molecular formula is C20H20F3NO4S. The molecule has 0 radical (unpaired) electrons. The van der Waals surface area contributed by atoms with E-state index < -0.39 is 15.6 Å². The van der Waals surface area contributed by atoms with Crippen LogP contribution in [0.25, 0.3) is 0 Å². The average molecular weight is 427 g/mol. The third kappa shape index (κ3) is 4.06. The van der Waals surface area contributed by atoms with Crippen molar-refractivity contribution in [1.82, 2.24) is 4.90 Å². The van der Waals surface area contributed by atoms with Gasteiger partial charge in [0.1, 0.15) is 18.1 Å². The lowest BCUT2D eigenvalue weighted by Crippen LogP contribution is -2.52. The Morgan fingerprint density at radius 1 is 1.10 bits per heavy atom. The predicted octanol–water partition coefficient (Wildman–Crippen LogP) is 3.71. The van der Waals surface area contributed by atoms with Crippen LogP contribution in [0.4, 0.5) is 13.2 Å². The lowest BCUT2D eigenvalue weighted by atomic mass is 9.82. The quantitative estimate of drug-likeness (QED) is 0.538. The van der Waals surface area contributed by atoms with Gasteiger partial charge in [-0.25, -0.2) is 0 Å². The predicted molar refractivity (Wildman–Crippen MR) is 100 cm³/mol. The third-order valence-electron chi connectivity index (χ3n) is 5.40. The summed E-state index contributed by atoms with van der Waals surface area (Å²) in [5.41, 5.74) is -3.74. The van der Waals surface area contributed by atoms with E-state index in [1.54, 1.807) is 0 Å². The molecule has 2 aliphatic rings. The maximum atomic E-state index is 12.7. The van der Waals surface area contributed by atoms with Gasteiger partial charge in [0.25, 0.3) is 0 Å². The highest BCUT2D eigenvalue weighted by molar-refractivity contribution is 7.88. The van der Waals surface area contributed by atoms with Gasteiger partial charge >= 0.3 is 15.6 Å². The first-order chi connectivity index (χ1) is 13.7. The van der Waals surface area contributed by atoms with Gasteiger partial charge in [-0.05, 0) is 49.7 Å². The van der Waals surface area contributed by atoms with Crippen LogP contribution in [0.3, 0.4) is 0 Å². The minimum absolute atomic E-state index is 0.0569. The Balaban J connectivity index is 1.68. The molecule has 2 heterocycles. The number of fused-ring (bicyclic) bond motifs is 1. The largest absolute Gasteiger partial charge is 0.534 e. The van der Waals surface area contributed by atoms with Crippen molar-refractivity contribution in [2.45, 2.75) is 30.3 Å². The molecule has 0 aliphatic carbocycles. The zero-order valence-corrected chi connectivity index (χ0v) is 16.2. The second kappa shape index (κ2) is 7.53. The van der Waals surface area contributed by atoms with Crippen molar-refractivity contribution in [3.8, 4) is 11.5 Å². The zero-order valence-electron chi connectivity index (χ0n) is 15.4. The molecule has 0 amide bonds. The Hall–Kier alpha value is -2.26. The summed E-state index contributed by atoms with van der Waals surface area (Å²) in [7, 11) is -5.73. The fourth-order valence-corrected chi connectivity index (χ4v) is 4.27. The van der Waals surface area contributed by atoms with E-state index in [0.717, 1.165) is 25.1 Å². The molecular weight excluding hydrogens is 407 g/mol. The van der Waals surface area contributed by atoms with Crippen LogP contribution in [0.15, 0.2) is 48.5 Å². The van der Waals surface area contributed by atoms with Crippen molar-refractivity contribution >= 4 is 10.1 Å². The summed E-state index contributed by atoms with van der Waals surface area (Å²) in [5.74, 6) is 0.116. The van der Waals surface area contributed by atoms with E-state index in [-0.39, 0.29) is 17.7 Å². The van der Waals surface area contributed by atoms with Crippen LogP contribution in [0.2, 0.25) is 0 Å². The zero-order chi connectivity index (χ0) is 20.6. The molecule has 2 aromatic carbocycles. The van der Waals surface area contributed by atoms with Crippen molar-refractivity contribution in [2.24, 2.45) is 0 Å². The molecule has 0 unspecified atom stereocenters. The van der Waals surface area contributed by atoms with Gasteiger partial charge in [-0.1, -0.05) is 30.3 Å². The number of benzene rings is 2. The van der Waals surface area contributed by atoms with Crippen LogP contribution in [0.1, 0.15) is 23.5 Å². The third-order valence-corrected chi connectivity index (χ3v) is 6.38. The lowest BCUT2D eigenvalue weighted by molar-refractivity contribution is -0.0500. The molecule has 5 nitrogen and oxygen atoms in total. The van der Waals surface area contributed by atoms with Crippen LogP contribution in [-0.2, 0) is 16.5 Å². The van der Waals surface area contributed by atoms with Crippen LogP contribution >= 0.6 is 0 Å². The standard InChI is InChI=1S/C20H20F3NO4S/c21-20(22,23)29(25,26)28-15-7-8-19-17(12-15)16(11-14-5-2-1-3-6-14)18(13-27-19)24-9-4-10-24/h1-3,5-8,12,16,18H,4,9-11,13H2/t16-,18+/m1/s1. The fourth-order valence-electron chi connectivity index (χ4n) is 3.82. The lowest BCUT2D eigenvalue weighted by Gasteiger charge is -2.45. The summed E-state index contributed by atoms with van der Waals surface area (Å²) in [4.78, 5) is 2.29. The Morgan fingerprint density at radius 3 is 2.45 bits per heavy atom. The van der Waals surface area contributed by atoms with Crippen molar-refractivity contribution in [1.29, 1.82) is 0 Å². The monoisotopic (exact) mass is 427 g/mol. The van der Waals surface area contributed by atoms with E-state index in [0.29, 0.717) is 24.3 Å². The molecule has 0 spiro atoms. The van der Waals surface area contributed by atoms with E-state index >= 15 is 0 Å². The SMILES string of the molecule is O=S(=O)(Oc1ccc2c(c1)[C@@H](Cc1ccccc1)[C@@H](N1CCC1)CO2)C(F)(F)F. The second-order valence-corrected chi connectivity index (χ2v) is 8.78. The number of alkyl halides is 3. The van der Waals surface area contributed by atoms with Gasteiger partial charge in [-0.15, -0.1) is 0 Å². The first-order valence-corrected chi connectivity index (χ1v) is 10.7. The summed E-state index contributed by atoms with van der Waals surface area (Å²) in [6, 6.07) is 13.9. The molecule has 2 atom stereocenters. The molecule has 0 bridgehead atoms. The van der Waals surface area contributed by atoms with Gasteiger partial charge < -0.3 is 8.92 Å². The maximum absolute atomic E-state index is 12.7. The van der Waals surface area contributed by atoms with Gasteiger partial charge in [0, 0.05) is 11.5 Å². The average Bonchev–Trinajstić information content (AvgIpc) is 2.62. The smallest absolute Gasteiger partial charge is 0.492 e. The Labute approximate surface area is 167 Å². The highest BCUT2D eigenvalue weighted by Gasteiger charge is 2.48. The molecule has 0 N–H and O–H groups in total. The Bertz CT molecular complexity index is 975. The number of rotatable bonds is 5. The van der Waals surface area contributed by atoms with Gasteiger partial charge in [-0.2, -0.15) is 21.6 Å². The van der Waals surface area contributed by atoms with Gasteiger partial charge in [0.2, 0.25) is 0 Å². The molecule has 9 heteroatoms. The topological polar surface area (TPSA) is 55.8 Å². The summed E-state index contributed by atoms with van der Waals surface area (Å²) < 4.78 is 71.1. The molecule has 156 valence electrons. The van der Waals surface area contributed by atoms with Crippen LogP contribution < -0.4 is 8.92 Å². The summed E-state index contributed by atoms with van der Waals surface area (Å²) in [5, 5.41) is 0. The molecule has 4 rings (SSSR count). The molecule has 29 heavy (non-hydrogen) atoms. The van der Waals surface area contributed by atoms with Gasteiger partial charge in [-0.3, -0.25) is 4.90 Å². The van der Waals surface area contributed by atoms with E-state index in [9.17, 15) is 21.6 Å². The van der Waals surface area contributed by atoms with E-state index in [4.69, 9.17) is 4.74 Å². The van der Waals surface area contributed by atoms with Crippen LogP contribution in [-0.4, -0.2) is 44.6 Å². The molecule has 0 saturated carbocycles. The van der Waals surface area contributed by atoms with Crippen molar-refractivity contribution in [3.63, 3.8) is 0 Å². The number of ether oxygens (including phenoxy) is 1. The minimum Gasteiger partial charge on any atom is -0.492 e. The second-order valence-electron chi connectivity index (χ2n) is 7.25. The maximum Gasteiger partial charge on any atom is 0.534 e. The fraction of sp³-hybridized carbons (Fsp3) is 0.400. The van der Waals surface area contributed by atoms with Gasteiger partial charge in [0.05, 0.1) is 6.04 Å². The summed E-state index contributed by atoms with van der Waals surface area (Å²) in [6.07, 6.45) is 1.75. The molecule has 1 saturated heterocycles. The van der Waals surface area contributed by atoms with Crippen molar-refractivity contribution < 1.29 is 30.5 Å². The first kappa shape index (κ1) is 20.0. The Kier molecular flexibility index (Phi) is 5.20. The normalized spacial score (nSPS) is 22.3. The van der Waals surface area contributed by atoms with Crippen LogP contribution in [0, 0.1) is 0 Å². The number of hydrogen-bond donors (Lipinski definition) is 0. The minimum atomic E-state index is -5.73. The summed E-state index contributed by atoms with van der Waals surface area (Å²) >= 11 is 0. The highest BCUT2D eigenvalue weighted by atomic mass is 32.2. The van der Waals surface area contributed by atoms with E-state index in [2.05, 4.69) is 9.08 Å². The molecule has 2 aliphatic heterocycles. The molecule has 1 fully saturated rings. The van der Waals surface area contributed by atoms with E-state index in [1.807, 2.05) is 30.3 Å². The molecule has 2 aromatic rings. The van der Waals surface area contributed by atoms with E-state index in [1.165, 1.54) is 18.2 Å². The van der Waals surface area contributed by atoms with Gasteiger partial charge in [0.15, 0.2) is 0 Å². The van der Waals surface area contributed by atoms with Crippen molar-refractivity contribution in [2.75, 3.05) is 19.7 Å². The number of hydrogen-bond acceptors (Lipinski definition) is 5. The number of halogens is 3. The Morgan fingerprint density at radius 2 is 1.83 bits per heavy atom. The number of likely N-dealkylation sites (tertiary alicyclic amines) is 1. The van der Waals surface area contributed by atoms with Crippen LogP contribution in [0.5, 0.6) is 11.5 Å². The molecule has 0 aromatic heterocycles. The summed E-state index contributed by atoms with van der Waals surface area (Å²) in [6.45, 7) is 2.35.